The second-order valence-electron chi connectivity index (χ2n) is 8.02. The zero-order chi connectivity index (χ0) is 24.8. The lowest BCUT2D eigenvalue weighted by atomic mass is 10.1. The number of amides is 1. The smallest absolute Gasteiger partial charge is 0.272 e. The SMILES string of the molecule is CNS(=O)(=O)c1ccc(NC(=O)CCc2nc3ccccc3n(CCc3ccccc3)c2=O)cc1. The van der Waals surface area contributed by atoms with Gasteiger partial charge in [0.1, 0.15) is 5.69 Å². The van der Waals surface area contributed by atoms with Gasteiger partial charge in [0, 0.05) is 25.1 Å². The van der Waals surface area contributed by atoms with Gasteiger partial charge >= 0.3 is 0 Å². The maximum Gasteiger partial charge on any atom is 0.272 e. The van der Waals surface area contributed by atoms with Crippen LogP contribution in [0.2, 0.25) is 0 Å². The van der Waals surface area contributed by atoms with Crippen LogP contribution in [0.15, 0.2) is 88.6 Å². The minimum atomic E-state index is -3.55. The first kappa shape index (κ1) is 24.3. The molecule has 8 nitrogen and oxygen atoms in total. The van der Waals surface area contributed by atoms with Crippen molar-refractivity contribution in [3.8, 4) is 0 Å². The normalized spacial score (nSPS) is 11.5. The van der Waals surface area contributed by atoms with Crippen LogP contribution in [0.5, 0.6) is 0 Å². The summed E-state index contributed by atoms with van der Waals surface area (Å²) in [5.41, 5.74) is 3.21. The van der Waals surface area contributed by atoms with Crippen LogP contribution in [0.1, 0.15) is 17.7 Å². The van der Waals surface area contributed by atoms with Crippen molar-refractivity contribution in [2.24, 2.45) is 0 Å². The van der Waals surface area contributed by atoms with E-state index in [4.69, 9.17) is 0 Å². The monoisotopic (exact) mass is 490 g/mol. The van der Waals surface area contributed by atoms with E-state index in [9.17, 15) is 18.0 Å². The molecule has 0 aliphatic rings. The van der Waals surface area contributed by atoms with Crippen LogP contribution < -0.4 is 15.6 Å². The fourth-order valence-electron chi connectivity index (χ4n) is 3.81. The van der Waals surface area contributed by atoms with E-state index in [0.29, 0.717) is 29.9 Å². The summed E-state index contributed by atoms with van der Waals surface area (Å²) >= 11 is 0. The number of para-hydroxylation sites is 2. The zero-order valence-electron chi connectivity index (χ0n) is 19.3. The van der Waals surface area contributed by atoms with Gasteiger partial charge in [-0.3, -0.25) is 9.59 Å². The summed E-state index contributed by atoms with van der Waals surface area (Å²) in [5, 5.41) is 2.74. The molecule has 0 saturated heterocycles. The topological polar surface area (TPSA) is 110 Å². The highest BCUT2D eigenvalue weighted by molar-refractivity contribution is 7.89. The van der Waals surface area contributed by atoms with Crippen molar-refractivity contribution < 1.29 is 13.2 Å². The minimum Gasteiger partial charge on any atom is -0.326 e. The second-order valence-corrected chi connectivity index (χ2v) is 9.91. The van der Waals surface area contributed by atoms with Crippen LogP contribution >= 0.6 is 0 Å². The van der Waals surface area contributed by atoms with E-state index in [-0.39, 0.29) is 29.2 Å². The average Bonchev–Trinajstić information content (AvgIpc) is 2.88. The van der Waals surface area contributed by atoms with E-state index in [1.165, 1.54) is 31.3 Å². The highest BCUT2D eigenvalue weighted by Crippen LogP contribution is 2.15. The number of anilines is 1. The molecule has 0 spiro atoms. The Morgan fingerprint density at radius 3 is 2.31 bits per heavy atom. The van der Waals surface area contributed by atoms with Crippen molar-refractivity contribution in [1.82, 2.24) is 14.3 Å². The predicted molar refractivity (Wildman–Crippen MR) is 136 cm³/mol. The third kappa shape index (κ3) is 5.82. The van der Waals surface area contributed by atoms with Crippen LogP contribution in [0, 0.1) is 0 Å². The highest BCUT2D eigenvalue weighted by atomic mass is 32.2. The molecule has 0 radical (unpaired) electrons. The van der Waals surface area contributed by atoms with Gasteiger partial charge in [-0.05, 0) is 55.4 Å². The quantitative estimate of drug-likeness (QED) is 0.375. The van der Waals surface area contributed by atoms with Crippen molar-refractivity contribution in [2.75, 3.05) is 12.4 Å². The molecule has 180 valence electrons. The van der Waals surface area contributed by atoms with Crippen LogP contribution in [0.4, 0.5) is 5.69 Å². The molecule has 1 aromatic heterocycles. The number of carbonyl (C=O) groups excluding carboxylic acids is 1. The lowest BCUT2D eigenvalue weighted by Crippen LogP contribution is -2.27. The summed E-state index contributed by atoms with van der Waals surface area (Å²) in [6.07, 6.45) is 0.955. The van der Waals surface area contributed by atoms with Crippen molar-refractivity contribution in [3.05, 3.63) is 100 Å². The van der Waals surface area contributed by atoms with E-state index >= 15 is 0 Å². The number of nitrogens with zero attached hydrogens (tertiary/aromatic N) is 2. The molecule has 2 N–H and O–H groups in total. The van der Waals surface area contributed by atoms with E-state index in [0.717, 1.165) is 11.1 Å². The van der Waals surface area contributed by atoms with Gasteiger partial charge in [0.05, 0.1) is 15.9 Å². The first-order chi connectivity index (χ1) is 16.9. The molecule has 4 rings (SSSR count). The average molecular weight is 491 g/mol. The maximum absolute atomic E-state index is 13.2. The molecular formula is C26H26N4O4S. The van der Waals surface area contributed by atoms with E-state index in [2.05, 4.69) is 15.0 Å². The second kappa shape index (κ2) is 10.6. The first-order valence-electron chi connectivity index (χ1n) is 11.2. The Morgan fingerprint density at radius 1 is 0.914 bits per heavy atom. The fraction of sp³-hybridized carbons (Fsp3) is 0.192. The van der Waals surface area contributed by atoms with Crippen molar-refractivity contribution in [1.29, 1.82) is 0 Å². The number of nitrogens with one attached hydrogen (secondary N) is 2. The molecule has 1 amide bonds. The number of sulfonamides is 1. The summed E-state index contributed by atoms with van der Waals surface area (Å²) in [5.74, 6) is -0.292. The van der Waals surface area contributed by atoms with E-state index in [1.54, 1.807) is 4.57 Å². The highest BCUT2D eigenvalue weighted by Gasteiger charge is 2.14. The molecule has 0 aliphatic heterocycles. The Kier molecular flexibility index (Phi) is 7.38. The summed E-state index contributed by atoms with van der Waals surface area (Å²) in [6, 6.07) is 23.3. The van der Waals surface area contributed by atoms with Gasteiger partial charge in [0.2, 0.25) is 15.9 Å². The lowest BCUT2D eigenvalue weighted by Gasteiger charge is -2.12. The number of rotatable bonds is 9. The van der Waals surface area contributed by atoms with Gasteiger partial charge < -0.3 is 9.88 Å². The van der Waals surface area contributed by atoms with Gasteiger partial charge in [-0.25, -0.2) is 18.1 Å². The van der Waals surface area contributed by atoms with E-state index < -0.39 is 10.0 Å². The molecule has 0 unspecified atom stereocenters. The number of benzene rings is 3. The van der Waals surface area contributed by atoms with E-state index in [1.807, 2.05) is 54.6 Å². The number of hydrogen-bond donors (Lipinski definition) is 2. The van der Waals surface area contributed by atoms with Crippen LogP contribution in [-0.2, 0) is 34.2 Å². The number of aryl methyl sites for hydroxylation is 3. The molecule has 0 aliphatic carbocycles. The summed E-state index contributed by atoms with van der Waals surface area (Å²) in [6.45, 7) is 0.507. The molecule has 0 fully saturated rings. The van der Waals surface area contributed by atoms with Crippen molar-refractivity contribution >= 4 is 32.7 Å². The molecule has 9 heteroatoms. The fourth-order valence-corrected chi connectivity index (χ4v) is 4.54. The standard InChI is InChI=1S/C26H26N4O4S/c1-27-35(33,34)21-13-11-20(12-14-21)28-25(31)16-15-23-26(32)30(18-17-19-7-3-2-4-8-19)24-10-6-5-9-22(24)29-23/h2-14,27H,15-18H2,1H3,(H,28,31). The Balaban J connectivity index is 1.48. The number of aromatic nitrogens is 2. The Labute approximate surface area is 203 Å². The Bertz CT molecular complexity index is 1500. The third-order valence-electron chi connectivity index (χ3n) is 5.69. The predicted octanol–water partition coefficient (Wildman–Crippen LogP) is 3.12. The van der Waals surface area contributed by atoms with Crippen molar-refractivity contribution in [2.45, 2.75) is 30.7 Å². The molecule has 0 saturated carbocycles. The Hall–Kier alpha value is -3.82. The van der Waals surface area contributed by atoms with Crippen LogP contribution in [-0.4, -0.2) is 30.9 Å². The molecular weight excluding hydrogens is 464 g/mol. The van der Waals surface area contributed by atoms with Crippen LogP contribution in [0.25, 0.3) is 11.0 Å². The number of carbonyl (C=O) groups is 1. The molecule has 35 heavy (non-hydrogen) atoms. The molecule has 0 atom stereocenters. The van der Waals surface area contributed by atoms with Crippen molar-refractivity contribution in [3.63, 3.8) is 0 Å². The van der Waals surface area contributed by atoms with Crippen LogP contribution in [0.3, 0.4) is 0 Å². The molecule has 1 heterocycles. The summed E-state index contributed by atoms with van der Waals surface area (Å²) in [7, 11) is -2.21. The first-order valence-corrected chi connectivity index (χ1v) is 12.7. The van der Waals surface area contributed by atoms with Gasteiger partial charge in [-0.15, -0.1) is 0 Å². The van der Waals surface area contributed by atoms with Gasteiger partial charge in [-0.1, -0.05) is 42.5 Å². The summed E-state index contributed by atoms with van der Waals surface area (Å²) < 4.78 is 27.6. The lowest BCUT2D eigenvalue weighted by molar-refractivity contribution is -0.116. The summed E-state index contributed by atoms with van der Waals surface area (Å²) in [4.78, 5) is 30.4. The zero-order valence-corrected chi connectivity index (χ0v) is 20.1. The largest absolute Gasteiger partial charge is 0.326 e. The molecule has 4 aromatic rings. The molecule has 0 bridgehead atoms. The van der Waals surface area contributed by atoms with Gasteiger partial charge in [0.15, 0.2) is 0 Å². The number of fused-ring (bicyclic) bond motifs is 1. The maximum atomic E-state index is 13.2. The minimum absolute atomic E-state index is 0.0653. The number of hydrogen-bond acceptors (Lipinski definition) is 5. The van der Waals surface area contributed by atoms with Gasteiger partial charge in [0.25, 0.3) is 5.56 Å². The Morgan fingerprint density at radius 2 is 1.60 bits per heavy atom. The van der Waals surface area contributed by atoms with Gasteiger partial charge in [-0.2, -0.15) is 0 Å². The molecule has 3 aromatic carbocycles. The third-order valence-corrected chi connectivity index (χ3v) is 7.12.